The number of carbonyl (C=O) groups is 1. The van der Waals surface area contributed by atoms with Crippen molar-refractivity contribution in [3.05, 3.63) is 50.1 Å². The normalized spacial score (nSPS) is 14.3. The third kappa shape index (κ3) is 3.65. The van der Waals surface area contributed by atoms with Crippen LogP contribution in [0, 0.1) is 20.8 Å². The third-order valence-corrected chi connectivity index (χ3v) is 5.82. The van der Waals surface area contributed by atoms with Crippen molar-refractivity contribution in [3.8, 4) is 0 Å². The Hall–Kier alpha value is -2.52. The van der Waals surface area contributed by atoms with E-state index in [0.29, 0.717) is 11.7 Å². The quantitative estimate of drug-likeness (QED) is 0.718. The Morgan fingerprint density at radius 1 is 1.30 bits per heavy atom. The van der Waals surface area contributed by atoms with Gasteiger partial charge < -0.3 is 14.4 Å². The molecule has 0 fully saturated rings. The van der Waals surface area contributed by atoms with E-state index >= 15 is 0 Å². The van der Waals surface area contributed by atoms with E-state index < -0.39 is 0 Å². The standard InChI is InChI=1S/C18H21N5O3S/c1-10-14(11(2)25-21-10)7-23-5-4-13-15(9-27-16(13)8-23)18(24)19-6-17-20-12(3)26-22-17/h9H,4-8H2,1-3H3,(H,19,24). The lowest BCUT2D eigenvalue weighted by molar-refractivity contribution is 0.0948. The average Bonchev–Trinajstić information content (AvgIpc) is 3.34. The first-order valence-corrected chi connectivity index (χ1v) is 9.70. The average molecular weight is 387 g/mol. The van der Waals surface area contributed by atoms with Gasteiger partial charge in [0.1, 0.15) is 5.76 Å². The zero-order chi connectivity index (χ0) is 19.0. The zero-order valence-electron chi connectivity index (χ0n) is 15.5. The van der Waals surface area contributed by atoms with Crippen LogP contribution in [-0.4, -0.2) is 32.6 Å². The van der Waals surface area contributed by atoms with Gasteiger partial charge in [0.25, 0.3) is 5.91 Å². The molecule has 1 amide bonds. The number of hydrogen-bond donors (Lipinski definition) is 1. The number of hydrogen-bond acceptors (Lipinski definition) is 8. The Balaban J connectivity index is 1.41. The molecule has 1 aliphatic heterocycles. The molecule has 4 rings (SSSR count). The van der Waals surface area contributed by atoms with Crippen LogP contribution in [0.5, 0.6) is 0 Å². The Bertz CT molecular complexity index is 954. The number of nitrogens with one attached hydrogen (secondary N) is 1. The minimum atomic E-state index is -0.0888. The van der Waals surface area contributed by atoms with Crippen LogP contribution in [0.25, 0.3) is 0 Å². The smallest absolute Gasteiger partial charge is 0.252 e. The lowest BCUT2D eigenvalue weighted by Crippen LogP contribution is -2.31. The first-order chi connectivity index (χ1) is 13.0. The van der Waals surface area contributed by atoms with E-state index in [-0.39, 0.29) is 12.5 Å². The van der Waals surface area contributed by atoms with Gasteiger partial charge in [-0.2, -0.15) is 4.98 Å². The van der Waals surface area contributed by atoms with E-state index in [9.17, 15) is 4.79 Å². The summed E-state index contributed by atoms with van der Waals surface area (Å²) in [6, 6.07) is 0. The van der Waals surface area contributed by atoms with Gasteiger partial charge in [0.05, 0.1) is 17.8 Å². The molecule has 9 heteroatoms. The molecule has 3 aromatic heterocycles. The van der Waals surface area contributed by atoms with Crippen LogP contribution in [0.2, 0.25) is 0 Å². The SMILES string of the molecule is Cc1nc(CNC(=O)c2csc3c2CCN(Cc2c(C)noc2C)C3)no1. The number of aromatic nitrogens is 3. The summed E-state index contributed by atoms with van der Waals surface area (Å²) in [4.78, 5) is 20.3. The number of aryl methyl sites for hydroxylation is 3. The lowest BCUT2D eigenvalue weighted by atomic mass is 10.0. The summed E-state index contributed by atoms with van der Waals surface area (Å²) >= 11 is 1.64. The van der Waals surface area contributed by atoms with Crippen molar-refractivity contribution in [3.63, 3.8) is 0 Å². The van der Waals surface area contributed by atoms with Crippen molar-refractivity contribution < 1.29 is 13.8 Å². The number of nitrogens with zero attached hydrogens (tertiary/aromatic N) is 4. The summed E-state index contributed by atoms with van der Waals surface area (Å²) in [5.74, 6) is 1.76. The number of fused-ring (bicyclic) bond motifs is 1. The van der Waals surface area contributed by atoms with Crippen molar-refractivity contribution in [2.45, 2.75) is 46.8 Å². The molecule has 0 aromatic carbocycles. The van der Waals surface area contributed by atoms with Gasteiger partial charge in [-0.05, 0) is 25.8 Å². The molecular weight excluding hydrogens is 366 g/mol. The summed E-state index contributed by atoms with van der Waals surface area (Å²) in [5.41, 5.74) is 4.01. The van der Waals surface area contributed by atoms with Gasteiger partial charge in [0, 0.05) is 42.4 Å². The van der Waals surface area contributed by atoms with Gasteiger partial charge in [0.2, 0.25) is 5.89 Å². The van der Waals surface area contributed by atoms with E-state index in [0.717, 1.165) is 54.2 Å². The molecule has 27 heavy (non-hydrogen) atoms. The van der Waals surface area contributed by atoms with E-state index in [2.05, 4.69) is 25.5 Å². The van der Waals surface area contributed by atoms with Crippen LogP contribution in [0.1, 0.15) is 49.5 Å². The molecule has 0 radical (unpaired) electrons. The second kappa shape index (κ2) is 7.24. The predicted octanol–water partition coefficient (Wildman–Crippen LogP) is 2.53. The molecule has 4 heterocycles. The summed E-state index contributed by atoms with van der Waals surface area (Å²) in [7, 11) is 0. The Labute approximate surface area is 160 Å². The summed E-state index contributed by atoms with van der Waals surface area (Å²) < 4.78 is 10.2. The van der Waals surface area contributed by atoms with E-state index in [1.165, 1.54) is 4.88 Å². The number of rotatable bonds is 5. The predicted molar refractivity (Wildman–Crippen MR) is 98.3 cm³/mol. The Morgan fingerprint density at radius 3 is 2.85 bits per heavy atom. The molecule has 0 saturated heterocycles. The maximum Gasteiger partial charge on any atom is 0.252 e. The third-order valence-electron chi connectivity index (χ3n) is 4.81. The van der Waals surface area contributed by atoms with Gasteiger partial charge in [-0.15, -0.1) is 11.3 Å². The van der Waals surface area contributed by atoms with E-state index in [4.69, 9.17) is 9.05 Å². The van der Waals surface area contributed by atoms with Crippen molar-refractivity contribution >= 4 is 17.2 Å². The molecule has 0 atom stereocenters. The molecule has 0 aliphatic carbocycles. The minimum Gasteiger partial charge on any atom is -0.361 e. The Kier molecular flexibility index (Phi) is 4.79. The minimum absolute atomic E-state index is 0.0888. The van der Waals surface area contributed by atoms with Crippen molar-refractivity contribution in [1.29, 1.82) is 0 Å². The summed E-state index contributed by atoms with van der Waals surface area (Å²) in [6.45, 7) is 8.46. The van der Waals surface area contributed by atoms with Gasteiger partial charge in [0.15, 0.2) is 5.82 Å². The topological polar surface area (TPSA) is 97.3 Å². The first kappa shape index (κ1) is 17.9. The van der Waals surface area contributed by atoms with Crippen molar-refractivity contribution in [2.75, 3.05) is 6.54 Å². The van der Waals surface area contributed by atoms with E-state index in [1.807, 2.05) is 19.2 Å². The number of thiophene rings is 1. The highest BCUT2D eigenvalue weighted by atomic mass is 32.1. The fraction of sp³-hybridized carbons (Fsp3) is 0.444. The van der Waals surface area contributed by atoms with Gasteiger partial charge >= 0.3 is 0 Å². The highest BCUT2D eigenvalue weighted by molar-refractivity contribution is 7.10. The first-order valence-electron chi connectivity index (χ1n) is 8.82. The molecule has 0 saturated carbocycles. The maximum absolute atomic E-state index is 12.6. The van der Waals surface area contributed by atoms with Crippen molar-refractivity contribution in [1.82, 2.24) is 25.5 Å². The summed E-state index contributed by atoms with van der Waals surface area (Å²) in [6.07, 6.45) is 0.853. The van der Waals surface area contributed by atoms with E-state index in [1.54, 1.807) is 18.3 Å². The molecule has 0 unspecified atom stereocenters. The number of amides is 1. The molecule has 8 nitrogen and oxygen atoms in total. The summed E-state index contributed by atoms with van der Waals surface area (Å²) in [5, 5.41) is 12.7. The number of carbonyl (C=O) groups excluding carboxylic acids is 1. The molecular formula is C18H21N5O3S. The second-order valence-electron chi connectivity index (χ2n) is 6.73. The van der Waals surface area contributed by atoms with Crippen molar-refractivity contribution in [2.24, 2.45) is 0 Å². The van der Waals surface area contributed by atoms with Gasteiger partial charge in [-0.25, -0.2) is 0 Å². The molecule has 1 aliphatic rings. The van der Waals surface area contributed by atoms with Gasteiger partial charge in [-0.3, -0.25) is 9.69 Å². The van der Waals surface area contributed by atoms with Gasteiger partial charge in [-0.1, -0.05) is 10.3 Å². The fourth-order valence-corrected chi connectivity index (χ4v) is 4.45. The second-order valence-corrected chi connectivity index (χ2v) is 7.69. The van der Waals surface area contributed by atoms with Crippen LogP contribution in [-0.2, 0) is 26.1 Å². The molecule has 0 spiro atoms. The fourth-order valence-electron chi connectivity index (χ4n) is 3.33. The lowest BCUT2D eigenvalue weighted by Gasteiger charge is -2.27. The monoisotopic (exact) mass is 387 g/mol. The Morgan fingerprint density at radius 2 is 2.15 bits per heavy atom. The highest BCUT2D eigenvalue weighted by Crippen LogP contribution is 2.30. The molecule has 142 valence electrons. The molecule has 1 N–H and O–H groups in total. The molecule has 0 bridgehead atoms. The van der Waals surface area contributed by atoms with Crippen LogP contribution < -0.4 is 5.32 Å². The van der Waals surface area contributed by atoms with Crippen LogP contribution in [0.4, 0.5) is 0 Å². The maximum atomic E-state index is 12.6. The highest BCUT2D eigenvalue weighted by Gasteiger charge is 2.25. The largest absolute Gasteiger partial charge is 0.361 e. The van der Waals surface area contributed by atoms with Crippen LogP contribution in [0.3, 0.4) is 0 Å². The van der Waals surface area contributed by atoms with Crippen LogP contribution >= 0.6 is 11.3 Å². The zero-order valence-corrected chi connectivity index (χ0v) is 16.4. The van der Waals surface area contributed by atoms with Crippen LogP contribution in [0.15, 0.2) is 14.4 Å². The molecule has 3 aromatic rings.